The first-order valence-electron chi connectivity index (χ1n) is 13.4. The molecule has 0 saturated heterocycles. The SMILES string of the molecule is CNCCOB(c1ccccc1)c1ccc(Oc2ccc(B(OCC(CO)NC)c3ccccc3)cc2)cc1. The van der Waals surface area contributed by atoms with Crippen molar-refractivity contribution < 1.29 is 19.2 Å². The lowest BCUT2D eigenvalue weighted by Crippen LogP contribution is -2.48. The Morgan fingerprint density at radius 2 is 1.10 bits per heavy atom. The van der Waals surface area contributed by atoms with Crippen LogP contribution in [0, 0.1) is 0 Å². The van der Waals surface area contributed by atoms with Crippen LogP contribution in [0.25, 0.3) is 0 Å². The van der Waals surface area contributed by atoms with Gasteiger partial charge < -0.3 is 29.8 Å². The minimum absolute atomic E-state index is 0.0117. The van der Waals surface area contributed by atoms with Gasteiger partial charge >= 0.3 is 13.8 Å². The summed E-state index contributed by atoms with van der Waals surface area (Å²) >= 11 is 0. The van der Waals surface area contributed by atoms with Crippen LogP contribution in [-0.4, -0.2) is 65.4 Å². The highest BCUT2D eigenvalue weighted by Gasteiger charge is 2.23. The fraction of sp³-hybridized carbons (Fsp3) is 0.226. The molecule has 1 unspecified atom stereocenters. The van der Waals surface area contributed by atoms with Crippen molar-refractivity contribution in [2.24, 2.45) is 0 Å². The standard InChI is InChI=1S/C31H36B2N2O4/c1-34-21-22-37-32(25-9-5-3-6-10-25)27-13-17-30(18-14-27)39-31-19-15-28(16-20-31)33(26-11-7-4-8-12-26)38-24-29(23-36)35-2/h3-20,29,34-36H,21-24H2,1-2H3. The Morgan fingerprint density at radius 3 is 1.54 bits per heavy atom. The number of nitrogens with one attached hydrogen (secondary N) is 2. The van der Waals surface area contributed by atoms with Crippen molar-refractivity contribution in [3.8, 4) is 11.5 Å². The summed E-state index contributed by atoms with van der Waals surface area (Å²) in [5, 5.41) is 15.7. The van der Waals surface area contributed by atoms with Gasteiger partial charge in [0.05, 0.1) is 12.6 Å². The first-order chi connectivity index (χ1) is 19.2. The van der Waals surface area contributed by atoms with Gasteiger partial charge in [-0.15, -0.1) is 0 Å². The molecule has 4 aromatic carbocycles. The van der Waals surface area contributed by atoms with E-state index in [4.69, 9.17) is 14.0 Å². The number of ether oxygens (including phenoxy) is 1. The average molecular weight is 522 g/mol. The van der Waals surface area contributed by atoms with E-state index in [1.807, 2.05) is 86.9 Å². The highest BCUT2D eigenvalue weighted by atomic mass is 16.5. The summed E-state index contributed by atoms with van der Waals surface area (Å²) in [5.41, 5.74) is 4.26. The molecule has 0 aromatic heterocycles. The van der Waals surface area contributed by atoms with Crippen LogP contribution in [-0.2, 0) is 9.31 Å². The molecule has 0 radical (unpaired) electrons. The van der Waals surface area contributed by atoms with Gasteiger partial charge in [-0.25, -0.2) is 0 Å². The monoisotopic (exact) mass is 522 g/mol. The zero-order chi connectivity index (χ0) is 27.3. The van der Waals surface area contributed by atoms with Gasteiger partial charge in [-0.05, 0) is 60.2 Å². The molecule has 0 bridgehead atoms. The summed E-state index contributed by atoms with van der Waals surface area (Å²) in [4.78, 5) is 0. The van der Waals surface area contributed by atoms with E-state index in [9.17, 15) is 5.11 Å². The van der Waals surface area contributed by atoms with Crippen molar-refractivity contribution in [3.05, 3.63) is 109 Å². The van der Waals surface area contributed by atoms with E-state index in [0.717, 1.165) is 39.9 Å². The predicted molar refractivity (Wildman–Crippen MR) is 162 cm³/mol. The molecule has 0 aliphatic rings. The molecule has 0 saturated carbocycles. The maximum absolute atomic E-state index is 9.54. The first kappa shape index (κ1) is 28.6. The lowest BCUT2D eigenvalue weighted by atomic mass is 9.55. The van der Waals surface area contributed by atoms with Gasteiger partial charge in [0.15, 0.2) is 0 Å². The van der Waals surface area contributed by atoms with E-state index in [1.54, 1.807) is 0 Å². The number of hydrogen-bond donors (Lipinski definition) is 3. The summed E-state index contributed by atoms with van der Waals surface area (Å²) in [6.07, 6.45) is 0. The van der Waals surface area contributed by atoms with Gasteiger partial charge in [0.1, 0.15) is 11.5 Å². The van der Waals surface area contributed by atoms with Crippen molar-refractivity contribution in [1.82, 2.24) is 10.6 Å². The van der Waals surface area contributed by atoms with Gasteiger partial charge in [0.25, 0.3) is 0 Å². The van der Waals surface area contributed by atoms with Crippen LogP contribution in [0.2, 0.25) is 0 Å². The molecule has 4 aromatic rings. The van der Waals surface area contributed by atoms with E-state index in [1.165, 1.54) is 0 Å². The highest BCUT2D eigenvalue weighted by molar-refractivity contribution is 6.80. The van der Waals surface area contributed by atoms with E-state index >= 15 is 0 Å². The first-order valence-corrected chi connectivity index (χ1v) is 13.4. The molecule has 0 aliphatic heterocycles. The van der Waals surface area contributed by atoms with E-state index in [2.05, 4.69) is 47.0 Å². The Balaban J connectivity index is 1.46. The number of benzene rings is 4. The summed E-state index contributed by atoms with van der Waals surface area (Å²) in [5.74, 6) is 1.50. The molecule has 200 valence electrons. The normalized spacial score (nSPS) is 11.7. The van der Waals surface area contributed by atoms with Crippen LogP contribution >= 0.6 is 0 Å². The summed E-state index contributed by atoms with van der Waals surface area (Å²) in [6.45, 7) is 1.41. The van der Waals surface area contributed by atoms with Crippen LogP contribution in [0.3, 0.4) is 0 Å². The molecule has 8 heteroatoms. The fourth-order valence-corrected chi connectivity index (χ4v) is 4.30. The quantitative estimate of drug-likeness (QED) is 0.163. The van der Waals surface area contributed by atoms with Gasteiger partial charge in [-0.1, -0.05) is 84.9 Å². The minimum Gasteiger partial charge on any atom is -0.457 e. The molecule has 6 nitrogen and oxygen atoms in total. The smallest absolute Gasteiger partial charge is 0.361 e. The van der Waals surface area contributed by atoms with Crippen LogP contribution in [0.5, 0.6) is 11.5 Å². The third-order valence-electron chi connectivity index (χ3n) is 6.54. The molecule has 0 aliphatic carbocycles. The van der Waals surface area contributed by atoms with Crippen molar-refractivity contribution in [1.29, 1.82) is 0 Å². The zero-order valence-corrected chi connectivity index (χ0v) is 22.6. The third-order valence-corrected chi connectivity index (χ3v) is 6.54. The molecule has 0 spiro atoms. The molecule has 0 fully saturated rings. The molecule has 3 N–H and O–H groups in total. The van der Waals surface area contributed by atoms with Gasteiger partial charge in [0.2, 0.25) is 0 Å². The third kappa shape index (κ3) is 8.30. The largest absolute Gasteiger partial charge is 0.457 e. The van der Waals surface area contributed by atoms with Crippen molar-refractivity contribution in [2.45, 2.75) is 6.04 Å². The topological polar surface area (TPSA) is 72.0 Å². The second-order valence-corrected chi connectivity index (χ2v) is 9.30. The molecule has 1 atom stereocenters. The van der Waals surface area contributed by atoms with Crippen LogP contribution in [0.15, 0.2) is 109 Å². The molecule has 4 rings (SSSR count). The van der Waals surface area contributed by atoms with Crippen molar-refractivity contribution in [3.63, 3.8) is 0 Å². The Kier molecular flexibility index (Phi) is 11.2. The molecular weight excluding hydrogens is 486 g/mol. The number of likely N-dealkylation sites (N-methyl/N-ethyl adjacent to an activating group) is 2. The van der Waals surface area contributed by atoms with Crippen molar-refractivity contribution in [2.75, 3.05) is 40.5 Å². The Hall–Kier alpha value is -3.39. The highest BCUT2D eigenvalue weighted by Crippen LogP contribution is 2.19. The van der Waals surface area contributed by atoms with Crippen molar-refractivity contribution >= 4 is 35.7 Å². The number of hydrogen-bond acceptors (Lipinski definition) is 6. The van der Waals surface area contributed by atoms with Gasteiger partial charge in [-0.2, -0.15) is 0 Å². The fourth-order valence-electron chi connectivity index (χ4n) is 4.30. The summed E-state index contributed by atoms with van der Waals surface area (Å²) < 4.78 is 18.6. The second-order valence-electron chi connectivity index (χ2n) is 9.30. The predicted octanol–water partition coefficient (Wildman–Crippen LogP) is 1.52. The molecule has 39 heavy (non-hydrogen) atoms. The average Bonchev–Trinajstić information content (AvgIpc) is 3.00. The number of aliphatic hydroxyl groups excluding tert-OH is 1. The maximum Gasteiger partial charge on any atom is 0.361 e. The van der Waals surface area contributed by atoms with Gasteiger partial charge in [-0.3, -0.25) is 0 Å². The lowest BCUT2D eigenvalue weighted by molar-refractivity contribution is 0.192. The minimum atomic E-state index is -0.250. The second kappa shape index (κ2) is 15.3. The molecular formula is C31H36B2N2O4. The maximum atomic E-state index is 9.54. The van der Waals surface area contributed by atoms with E-state index < -0.39 is 0 Å². The van der Waals surface area contributed by atoms with Crippen LogP contribution in [0.4, 0.5) is 0 Å². The molecule has 0 heterocycles. The summed E-state index contributed by atoms with van der Waals surface area (Å²) in [7, 11) is 3.74. The zero-order valence-electron chi connectivity index (χ0n) is 22.6. The van der Waals surface area contributed by atoms with E-state index in [0.29, 0.717) is 13.2 Å². The van der Waals surface area contributed by atoms with Crippen LogP contribution in [0.1, 0.15) is 0 Å². The number of rotatable bonds is 15. The van der Waals surface area contributed by atoms with Crippen LogP contribution < -0.4 is 37.2 Å². The Labute approximate surface area is 232 Å². The summed E-state index contributed by atoms with van der Waals surface area (Å²) in [6, 6.07) is 36.2. The Morgan fingerprint density at radius 1 is 0.641 bits per heavy atom. The van der Waals surface area contributed by atoms with Gasteiger partial charge in [0, 0.05) is 19.8 Å². The number of aliphatic hydroxyl groups is 1. The lowest BCUT2D eigenvalue weighted by Gasteiger charge is -2.20. The van der Waals surface area contributed by atoms with E-state index in [-0.39, 0.29) is 26.5 Å². The Bertz CT molecular complexity index is 1230. The molecule has 0 amide bonds.